The van der Waals surface area contributed by atoms with Crippen molar-refractivity contribution >= 4 is 5.91 Å². The summed E-state index contributed by atoms with van der Waals surface area (Å²) in [6.07, 6.45) is 10.3. The van der Waals surface area contributed by atoms with Gasteiger partial charge in [0.1, 0.15) is 0 Å². The van der Waals surface area contributed by atoms with Crippen LogP contribution >= 0.6 is 0 Å². The molecule has 0 atom stereocenters. The summed E-state index contributed by atoms with van der Waals surface area (Å²) < 4.78 is 7.63. The fourth-order valence-electron chi connectivity index (χ4n) is 3.34. The monoisotopic (exact) mass is 321 g/mol. The molecule has 0 unspecified atom stereocenters. The van der Waals surface area contributed by atoms with Crippen molar-refractivity contribution < 1.29 is 9.53 Å². The maximum atomic E-state index is 12.1. The van der Waals surface area contributed by atoms with Crippen molar-refractivity contribution in [3.05, 3.63) is 11.9 Å². The number of ether oxygens (including phenoxy) is 1. The third-order valence-electron chi connectivity index (χ3n) is 4.72. The Hall–Kier alpha value is -1.47. The van der Waals surface area contributed by atoms with Crippen LogP contribution < -0.4 is 10.6 Å². The van der Waals surface area contributed by atoms with Crippen LogP contribution in [0.25, 0.3) is 0 Å². The van der Waals surface area contributed by atoms with Crippen molar-refractivity contribution in [2.75, 3.05) is 26.2 Å². The fraction of sp³-hybridized carbons (Fsp3) is 0.812. The molecule has 1 saturated heterocycles. The van der Waals surface area contributed by atoms with Gasteiger partial charge in [0.05, 0.1) is 24.9 Å². The zero-order valence-corrected chi connectivity index (χ0v) is 13.7. The highest BCUT2D eigenvalue weighted by atomic mass is 16.5. The summed E-state index contributed by atoms with van der Waals surface area (Å²) in [7, 11) is 0. The summed E-state index contributed by atoms with van der Waals surface area (Å²) in [5, 5.41) is 14.3. The number of hydrogen-bond donors (Lipinski definition) is 2. The van der Waals surface area contributed by atoms with E-state index in [9.17, 15) is 4.79 Å². The zero-order valence-electron chi connectivity index (χ0n) is 13.7. The van der Waals surface area contributed by atoms with Gasteiger partial charge in [0, 0.05) is 6.54 Å². The number of rotatable bonds is 6. The first-order valence-corrected chi connectivity index (χ1v) is 8.85. The third kappa shape index (κ3) is 4.75. The van der Waals surface area contributed by atoms with E-state index in [4.69, 9.17) is 4.74 Å². The Balaban J connectivity index is 1.38. The molecule has 3 rings (SSSR count). The second-order valence-corrected chi connectivity index (χ2v) is 6.45. The van der Waals surface area contributed by atoms with Gasteiger partial charge in [0.15, 0.2) is 5.69 Å². The maximum absolute atomic E-state index is 12.1. The van der Waals surface area contributed by atoms with E-state index in [0.717, 1.165) is 38.8 Å². The molecule has 1 aliphatic carbocycles. The van der Waals surface area contributed by atoms with Crippen LogP contribution in [0, 0.1) is 0 Å². The summed E-state index contributed by atoms with van der Waals surface area (Å²) in [5.41, 5.74) is 0.390. The van der Waals surface area contributed by atoms with Gasteiger partial charge in [-0.2, -0.15) is 0 Å². The van der Waals surface area contributed by atoms with Crippen LogP contribution in [-0.2, 0) is 4.74 Å². The van der Waals surface area contributed by atoms with Crippen LogP contribution in [0.1, 0.15) is 61.5 Å². The van der Waals surface area contributed by atoms with Crippen molar-refractivity contribution in [2.45, 2.75) is 57.1 Å². The summed E-state index contributed by atoms with van der Waals surface area (Å²) >= 11 is 0. The molecule has 2 N–H and O–H groups in total. The van der Waals surface area contributed by atoms with Gasteiger partial charge in [0.25, 0.3) is 5.91 Å². The Morgan fingerprint density at radius 1 is 1.26 bits per heavy atom. The number of carbonyl (C=O) groups is 1. The van der Waals surface area contributed by atoms with Crippen molar-refractivity contribution in [3.8, 4) is 0 Å². The molecule has 7 heteroatoms. The topological polar surface area (TPSA) is 81.1 Å². The normalized spacial score (nSPS) is 20.5. The Morgan fingerprint density at radius 2 is 2.04 bits per heavy atom. The summed E-state index contributed by atoms with van der Waals surface area (Å²) in [6.45, 7) is 3.07. The van der Waals surface area contributed by atoms with Gasteiger partial charge in [-0.25, -0.2) is 4.68 Å². The lowest BCUT2D eigenvalue weighted by atomic mass is 9.98. The average molecular weight is 321 g/mol. The highest BCUT2D eigenvalue weighted by Crippen LogP contribution is 2.20. The van der Waals surface area contributed by atoms with E-state index in [1.54, 1.807) is 6.20 Å². The smallest absolute Gasteiger partial charge is 0.273 e. The summed E-state index contributed by atoms with van der Waals surface area (Å²) in [4.78, 5) is 12.1. The molecule has 2 heterocycles. The van der Waals surface area contributed by atoms with Crippen molar-refractivity contribution in [2.24, 2.45) is 0 Å². The van der Waals surface area contributed by atoms with Gasteiger partial charge in [0.2, 0.25) is 0 Å². The molecule has 1 aromatic heterocycles. The molecule has 0 spiro atoms. The minimum Gasteiger partial charge on any atom is -0.376 e. The average Bonchev–Trinajstić information content (AvgIpc) is 3.10. The van der Waals surface area contributed by atoms with Crippen LogP contribution in [0.5, 0.6) is 0 Å². The largest absolute Gasteiger partial charge is 0.376 e. The quantitative estimate of drug-likeness (QED) is 0.772. The molecule has 1 aliphatic heterocycles. The van der Waals surface area contributed by atoms with Crippen LogP contribution in [-0.4, -0.2) is 53.2 Å². The van der Waals surface area contributed by atoms with Crippen molar-refractivity contribution in [1.82, 2.24) is 25.6 Å². The number of aromatic nitrogens is 3. The molecule has 1 amide bonds. The van der Waals surface area contributed by atoms with Crippen molar-refractivity contribution in [1.29, 1.82) is 0 Å². The molecule has 0 radical (unpaired) electrons. The standard InChI is InChI=1S/C16H27N5O2/c22-16(18-10-11-23-14-4-2-1-3-5-14)15-12-21(20-19-15)13-6-8-17-9-7-13/h12-14,17H,1-11H2,(H,18,22). The Morgan fingerprint density at radius 3 is 2.83 bits per heavy atom. The van der Waals surface area contributed by atoms with Crippen LogP contribution in [0.3, 0.4) is 0 Å². The predicted molar refractivity (Wildman–Crippen MR) is 86.3 cm³/mol. The number of amides is 1. The molecule has 7 nitrogen and oxygen atoms in total. The van der Waals surface area contributed by atoms with Crippen molar-refractivity contribution in [3.63, 3.8) is 0 Å². The van der Waals surface area contributed by atoms with Gasteiger partial charge in [-0.05, 0) is 38.8 Å². The molecule has 0 aromatic carbocycles. The first-order chi connectivity index (χ1) is 11.3. The van der Waals surface area contributed by atoms with Crippen LogP contribution in [0.4, 0.5) is 0 Å². The molecule has 1 aromatic rings. The lowest BCUT2D eigenvalue weighted by molar-refractivity contribution is 0.0299. The van der Waals surface area contributed by atoms with E-state index in [-0.39, 0.29) is 5.91 Å². The summed E-state index contributed by atoms with van der Waals surface area (Å²) in [5.74, 6) is -0.169. The van der Waals surface area contributed by atoms with Gasteiger partial charge >= 0.3 is 0 Å². The first kappa shape index (κ1) is 16.4. The number of carbonyl (C=O) groups excluding carboxylic acids is 1. The Bertz CT molecular complexity index is 492. The molecule has 23 heavy (non-hydrogen) atoms. The van der Waals surface area contributed by atoms with E-state index in [0.29, 0.717) is 31.0 Å². The highest BCUT2D eigenvalue weighted by Gasteiger charge is 2.19. The molecular formula is C16H27N5O2. The predicted octanol–water partition coefficient (Wildman–Crippen LogP) is 1.28. The van der Waals surface area contributed by atoms with Gasteiger partial charge < -0.3 is 15.4 Å². The second-order valence-electron chi connectivity index (χ2n) is 6.45. The number of nitrogens with one attached hydrogen (secondary N) is 2. The lowest BCUT2D eigenvalue weighted by Crippen LogP contribution is -2.30. The molecule has 0 bridgehead atoms. The minimum atomic E-state index is -0.169. The van der Waals surface area contributed by atoms with Crippen LogP contribution in [0.15, 0.2) is 6.20 Å². The first-order valence-electron chi connectivity index (χ1n) is 8.85. The van der Waals surface area contributed by atoms with Gasteiger partial charge in [-0.3, -0.25) is 4.79 Å². The molecule has 2 aliphatic rings. The summed E-state index contributed by atoms with van der Waals surface area (Å²) in [6, 6.07) is 0.347. The third-order valence-corrected chi connectivity index (χ3v) is 4.72. The van der Waals surface area contributed by atoms with E-state index in [1.165, 1.54) is 19.3 Å². The second kappa shape index (κ2) is 8.40. The molecule has 2 fully saturated rings. The fourth-order valence-corrected chi connectivity index (χ4v) is 3.34. The molecule has 128 valence electrons. The van der Waals surface area contributed by atoms with Gasteiger partial charge in [-0.15, -0.1) is 5.10 Å². The zero-order chi connectivity index (χ0) is 15.9. The van der Waals surface area contributed by atoms with E-state index >= 15 is 0 Å². The maximum Gasteiger partial charge on any atom is 0.273 e. The number of piperidine rings is 1. The Labute approximate surface area is 137 Å². The van der Waals surface area contributed by atoms with E-state index in [1.807, 2.05) is 4.68 Å². The lowest BCUT2D eigenvalue weighted by Gasteiger charge is -2.22. The van der Waals surface area contributed by atoms with E-state index < -0.39 is 0 Å². The molecule has 1 saturated carbocycles. The van der Waals surface area contributed by atoms with Gasteiger partial charge in [-0.1, -0.05) is 24.5 Å². The highest BCUT2D eigenvalue weighted by molar-refractivity contribution is 5.91. The molecular weight excluding hydrogens is 294 g/mol. The number of nitrogens with zero attached hydrogens (tertiary/aromatic N) is 3. The SMILES string of the molecule is O=C(NCCOC1CCCCC1)c1cn(C2CCNCC2)nn1. The minimum absolute atomic E-state index is 0.169. The van der Waals surface area contributed by atoms with Crippen LogP contribution in [0.2, 0.25) is 0 Å². The Kier molecular flexibility index (Phi) is 5.99. The van der Waals surface area contributed by atoms with E-state index in [2.05, 4.69) is 20.9 Å². The number of hydrogen-bond acceptors (Lipinski definition) is 5.